The van der Waals surface area contributed by atoms with E-state index in [1.54, 1.807) is 0 Å². The van der Waals surface area contributed by atoms with Gasteiger partial charge in [-0.05, 0) is 18.2 Å². The van der Waals surface area contributed by atoms with Crippen LogP contribution >= 0.6 is 0 Å². The Bertz CT molecular complexity index is 537. The first kappa shape index (κ1) is 17.3. The summed E-state index contributed by atoms with van der Waals surface area (Å²) in [6.45, 7) is 7.57. The van der Waals surface area contributed by atoms with Crippen molar-refractivity contribution in [3.63, 3.8) is 0 Å². The number of pyridine rings is 1. The highest BCUT2D eigenvalue weighted by Crippen LogP contribution is 2.29. The summed E-state index contributed by atoms with van der Waals surface area (Å²) in [4.78, 5) is 19.1. The zero-order valence-corrected chi connectivity index (χ0v) is 12.6. The maximum absolute atomic E-state index is 12.5. The fourth-order valence-electron chi connectivity index (χ4n) is 2.35. The number of nitrogens with one attached hydrogen (secondary N) is 1. The minimum atomic E-state index is -4.36. The lowest BCUT2D eigenvalue weighted by Crippen LogP contribution is -2.48. The van der Waals surface area contributed by atoms with E-state index in [1.807, 2.05) is 4.90 Å². The number of alkyl halides is 3. The summed E-state index contributed by atoms with van der Waals surface area (Å²) in [5.74, 6) is 0.357. The number of piperazine rings is 1. The Morgan fingerprint density at radius 1 is 1.30 bits per heavy atom. The van der Waals surface area contributed by atoms with Crippen molar-refractivity contribution in [1.82, 2.24) is 15.2 Å². The van der Waals surface area contributed by atoms with Crippen molar-refractivity contribution < 1.29 is 18.0 Å². The third kappa shape index (κ3) is 4.95. The first-order valence-electron chi connectivity index (χ1n) is 7.31. The lowest BCUT2D eigenvalue weighted by molar-refractivity contribution is -0.137. The van der Waals surface area contributed by atoms with Crippen LogP contribution in [0.2, 0.25) is 0 Å². The van der Waals surface area contributed by atoms with Crippen molar-refractivity contribution in [3.05, 3.63) is 36.5 Å². The number of hydrogen-bond donors (Lipinski definition) is 1. The van der Waals surface area contributed by atoms with Crippen LogP contribution in [0.4, 0.5) is 19.0 Å². The predicted octanol–water partition coefficient (Wildman–Crippen LogP) is 1.52. The van der Waals surface area contributed by atoms with Gasteiger partial charge < -0.3 is 10.2 Å². The van der Waals surface area contributed by atoms with E-state index in [9.17, 15) is 18.0 Å². The van der Waals surface area contributed by atoms with Crippen molar-refractivity contribution in [2.24, 2.45) is 0 Å². The van der Waals surface area contributed by atoms with Gasteiger partial charge in [-0.2, -0.15) is 13.2 Å². The van der Waals surface area contributed by atoms with Crippen LogP contribution in [0.15, 0.2) is 31.0 Å². The van der Waals surface area contributed by atoms with Crippen molar-refractivity contribution in [3.8, 4) is 0 Å². The Morgan fingerprint density at radius 2 is 2.00 bits per heavy atom. The molecule has 1 saturated heterocycles. The van der Waals surface area contributed by atoms with Gasteiger partial charge in [0.15, 0.2) is 0 Å². The highest BCUT2D eigenvalue weighted by atomic mass is 19.4. The molecule has 0 atom stereocenters. The molecule has 2 rings (SSSR count). The molecule has 1 aliphatic heterocycles. The summed E-state index contributed by atoms with van der Waals surface area (Å²) in [5, 5.41) is 2.71. The van der Waals surface area contributed by atoms with Gasteiger partial charge in [-0.15, -0.1) is 0 Å². The molecule has 1 fully saturated rings. The van der Waals surface area contributed by atoms with Crippen LogP contribution in [0.5, 0.6) is 0 Å². The maximum atomic E-state index is 12.5. The summed E-state index contributed by atoms with van der Waals surface area (Å²) in [7, 11) is 0. The molecular formula is C15H19F3N4O. The molecule has 1 aromatic heterocycles. The molecule has 1 aliphatic rings. The molecule has 5 nitrogen and oxygen atoms in total. The molecule has 0 spiro atoms. The number of amides is 1. The van der Waals surface area contributed by atoms with Crippen molar-refractivity contribution in [1.29, 1.82) is 0 Å². The first-order chi connectivity index (χ1) is 10.9. The lowest BCUT2D eigenvalue weighted by Gasteiger charge is -2.35. The number of halogens is 3. The molecule has 0 unspecified atom stereocenters. The fraction of sp³-hybridized carbons (Fsp3) is 0.467. The number of rotatable bonds is 5. The zero-order valence-electron chi connectivity index (χ0n) is 12.6. The van der Waals surface area contributed by atoms with Crippen molar-refractivity contribution >= 4 is 11.7 Å². The van der Waals surface area contributed by atoms with Crippen molar-refractivity contribution in [2.75, 3.05) is 44.2 Å². The van der Waals surface area contributed by atoms with Crippen LogP contribution in [-0.4, -0.2) is 55.1 Å². The van der Waals surface area contributed by atoms with E-state index < -0.39 is 11.7 Å². The summed E-state index contributed by atoms with van der Waals surface area (Å²) in [5.41, 5.74) is -0.738. The summed E-state index contributed by atoms with van der Waals surface area (Å²) < 4.78 is 37.6. The second-order valence-corrected chi connectivity index (χ2v) is 5.23. The van der Waals surface area contributed by atoms with Gasteiger partial charge in [0.2, 0.25) is 5.91 Å². The number of nitrogens with zero attached hydrogens (tertiary/aromatic N) is 3. The topological polar surface area (TPSA) is 48.5 Å². The molecule has 0 aliphatic carbocycles. The van der Waals surface area contributed by atoms with E-state index in [0.29, 0.717) is 25.5 Å². The molecule has 1 amide bonds. The smallest absolute Gasteiger partial charge is 0.354 e. The Kier molecular flexibility index (Phi) is 5.59. The SMILES string of the molecule is C=CC(=O)NCCN1CCN(c2ccc(C(F)(F)F)cn2)CC1. The summed E-state index contributed by atoms with van der Waals surface area (Å²) in [6.07, 6.45) is -2.26. The van der Waals surface area contributed by atoms with Gasteiger partial charge in [0.25, 0.3) is 0 Å². The molecule has 8 heteroatoms. The van der Waals surface area contributed by atoms with Gasteiger partial charge in [-0.1, -0.05) is 6.58 Å². The predicted molar refractivity (Wildman–Crippen MR) is 81.1 cm³/mol. The van der Waals surface area contributed by atoms with Gasteiger partial charge in [0.1, 0.15) is 5.82 Å². The molecule has 0 bridgehead atoms. The Hall–Kier alpha value is -2.09. The molecule has 23 heavy (non-hydrogen) atoms. The van der Waals surface area contributed by atoms with Crippen LogP contribution in [-0.2, 0) is 11.0 Å². The van der Waals surface area contributed by atoms with E-state index in [1.165, 1.54) is 12.1 Å². The highest BCUT2D eigenvalue weighted by Gasteiger charge is 2.31. The van der Waals surface area contributed by atoms with E-state index in [0.717, 1.165) is 31.9 Å². The second kappa shape index (κ2) is 7.45. The normalized spacial score (nSPS) is 16.2. The number of aromatic nitrogens is 1. The van der Waals surface area contributed by atoms with E-state index in [2.05, 4.69) is 21.8 Å². The quantitative estimate of drug-likeness (QED) is 0.833. The number of carbonyl (C=O) groups excluding carboxylic acids is 1. The molecular weight excluding hydrogens is 309 g/mol. The monoisotopic (exact) mass is 328 g/mol. The van der Waals surface area contributed by atoms with Gasteiger partial charge in [-0.3, -0.25) is 9.69 Å². The van der Waals surface area contributed by atoms with Crippen LogP contribution < -0.4 is 10.2 Å². The summed E-state index contributed by atoms with van der Waals surface area (Å²) in [6, 6.07) is 2.46. The largest absolute Gasteiger partial charge is 0.417 e. The van der Waals surface area contributed by atoms with Crippen LogP contribution in [0.3, 0.4) is 0 Å². The van der Waals surface area contributed by atoms with Crippen LogP contribution in [0.25, 0.3) is 0 Å². The Morgan fingerprint density at radius 3 is 2.52 bits per heavy atom. The van der Waals surface area contributed by atoms with Gasteiger partial charge >= 0.3 is 6.18 Å². The standard InChI is InChI=1S/C15H19F3N4O/c1-2-14(23)19-5-6-21-7-9-22(10-8-21)13-4-3-12(11-20-13)15(16,17)18/h2-4,11H,1,5-10H2,(H,19,23). The molecule has 0 aromatic carbocycles. The summed E-state index contributed by atoms with van der Waals surface area (Å²) >= 11 is 0. The maximum Gasteiger partial charge on any atom is 0.417 e. The molecule has 0 saturated carbocycles. The highest BCUT2D eigenvalue weighted by molar-refractivity contribution is 5.86. The lowest BCUT2D eigenvalue weighted by atomic mass is 10.2. The van der Waals surface area contributed by atoms with E-state index >= 15 is 0 Å². The average Bonchev–Trinajstić information content (AvgIpc) is 2.54. The second-order valence-electron chi connectivity index (χ2n) is 5.23. The van der Waals surface area contributed by atoms with Gasteiger partial charge in [-0.25, -0.2) is 4.98 Å². The van der Waals surface area contributed by atoms with E-state index in [4.69, 9.17) is 0 Å². The number of hydrogen-bond acceptors (Lipinski definition) is 4. The third-order valence-corrected chi connectivity index (χ3v) is 3.68. The molecule has 1 N–H and O–H groups in total. The third-order valence-electron chi connectivity index (χ3n) is 3.68. The molecule has 2 heterocycles. The molecule has 1 aromatic rings. The number of carbonyl (C=O) groups is 1. The zero-order chi connectivity index (χ0) is 16.9. The fourth-order valence-corrected chi connectivity index (χ4v) is 2.35. The Labute approximate surface area is 132 Å². The minimum Gasteiger partial charge on any atom is -0.354 e. The van der Waals surface area contributed by atoms with Gasteiger partial charge in [0.05, 0.1) is 5.56 Å². The van der Waals surface area contributed by atoms with Gasteiger partial charge in [0, 0.05) is 45.5 Å². The first-order valence-corrected chi connectivity index (χ1v) is 7.31. The number of anilines is 1. The van der Waals surface area contributed by atoms with E-state index in [-0.39, 0.29) is 5.91 Å². The Balaban J connectivity index is 1.80. The molecule has 126 valence electrons. The minimum absolute atomic E-state index is 0.197. The molecule has 0 radical (unpaired) electrons. The van der Waals surface area contributed by atoms with Crippen LogP contribution in [0.1, 0.15) is 5.56 Å². The average molecular weight is 328 g/mol. The van der Waals surface area contributed by atoms with Crippen LogP contribution in [0, 0.1) is 0 Å². The van der Waals surface area contributed by atoms with Crippen molar-refractivity contribution in [2.45, 2.75) is 6.18 Å².